The maximum atomic E-state index is 6.08. The maximum absolute atomic E-state index is 6.08. The van der Waals surface area contributed by atoms with E-state index < -0.39 is 0 Å². The van der Waals surface area contributed by atoms with Crippen LogP contribution in [0.3, 0.4) is 0 Å². The van der Waals surface area contributed by atoms with Crippen molar-refractivity contribution in [2.45, 2.75) is 50.8 Å². The molecule has 0 saturated heterocycles. The van der Waals surface area contributed by atoms with E-state index >= 15 is 0 Å². The molecule has 1 heterocycles. The van der Waals surface area contributed by atoms with E-state index in [4.69, 9.17) is 9.73 Å². The highest BCUT2D eigenvalue weighted by molar-refractivity contribution is 5.91. The topological polar surface area (TPSA) is 33.6 Å². The molecule has 1 unspecified atom stereocenters. The maximum Gasteiger partial charge on any atom is 0.105 e. The molecule has 3 aromatic carbocycles. The van der Waals surface area contributed by atoms with Crippen LogP contribution in [0.25, 0.3) is 0 Å². The average molecular weight is 413 g/mol. The molecule has 1 aliphatic heterocycles. The lowest BCUT2D eigenvalue weighted by atomic mass is 9.93. The lowest BCUT2D eigenvalue weighted by Gasteiger charge is -2.24. The van der Waals surface area contributed by atoms with E-state index in [9.17, 15) is 0 Å². The van der Waals surface area contributed by atoms with Crippen molar-refractivity contribution < 1.29 is 4.74 Å². The predicted octanol–water partition coefficient (Wildman–Crippen LogP) is 6.46. The second-order valence-corrected chi connectivity index (χ2v) is 9.12. The summed E-state index contributed by atoms with van der Waals surface area (Å²) in [4.78, 5) is 5.26. The first-order valence-corrected chi connectivity index (χ1v) is 11.1. The Morgan fingerprint density at radius 2 is 1.35 bits per heavy atom. The number of benzene rings is 3. The standard InChI is InChI=1S/C28H32N2O/c1-28(2,3)31-20-19-24(21-13-7-4-8-14-21)27-29-25(22-15-9-5-10-16-22)26(30-27)23-17-11-6-12-18-23/h4-18,24-26H,19-20H2,1-3H3,(H,29,30)/t24?,25-,26-/m0/s1. The zero-order chi connectivity index (χ0) is 21.7. The van der Waals surface area contributed by atoms with Gasteiger partial charge in [-0.3, -0.25) is 4.99 Å². The second-order valence-electron chi connectivity index (χ2n) is 9.12. The molecular formula is C28H32N2O. The van der Waals surface area contributed by atoms with Gasteiger partial charge < -0.3 is 10.1 Å². The van der Waals surface area contributed by atoms with Crippen molar-refractivity contribution in [2.24, 2.45) is 4.99 Å². The van der Waals surface area contributed by atoms with Gasteiger partial charge in [-0.25, -0.2) is 0 Å². The molecule has 1 N–H and O–H groups in total. The number of nitrogens with one attached hydrogen (secondary N) is 1. The zero-order valence-electron chi connectivity index (χ0n) is 18.7. The average Bonchev–Trinajstić information content (AvgIpc) is 3.23. The summed E-state index contributed by atoms with van der Waals surface area (Å²) in [6.45, 7) is 7.00. The van der Waals surface area contributed by atoms with Crippen molar-refractivity contribution >= 4 is 5.84 Å². The van der Waals surface area contributed by atoms with Crippen LogP contribution in [0.2, 0.25) is 0 Å². The fourth-order valence-corrected chi connectivity index (χ4v) is 4.16. The molecule has 0 aliphatic carbocycles. The van der Waals surface area contributed by atoms with Crippen LogP contribution in [-0.2, 0) is 4.74 Å². The van der Waals surface area contributed by atoms with Crippen molar-refractivity contribution in [1.29, 1.82) is 0 Å². The number of aliphatic imine (C=N–C) groups is 1. The molecule has 31 heavy (non-hydrogen) atoms. The molecule has 3 nitrogen and oxygen atoms in total. The summed E-state index contributed by atoms with van der Waals surface area (Å²) >= 11 is 0. The van der Waals surface area contributed by atoms with Crippen LogP contribution in [0.15, 0.2) is 96.0 Å². The van der Waals surface area contributed by atoms with E-state index in [-0.39, 0.29) is 23.6 Å². The van der Waals surface area contributed by atoms with Crippen LogP contribution in [-0.4, -0.2) is 18.0 Å². The minimum atomic E-state index is -0.148. The van der Waals surface area contributed by atoms with Gasteiger partial charge in [0, 0.05) is 12.5 Å². The Morgan fingerprint density at radius 3 is 1.94 bits per heavy atom. The number of hydrogen-bond donors (Lipinski definition) is 1. The van der Waals surface area contributed by atoms with Crippen LogP contribution in [0.1, 0.15) is 61.9 Å². The largest absolute Gasteiger partial charge is 0.376 e. The third-order valence-corrected chi connectivity index (χ3v) is 5.67. The molecule has 0 aromatic heterocycles. The predicted molar refractivity (Wildman–Crippen MR) is 128 cm³/mol. The first-order valence-electron chi connectivity index (χ1n) is 11.1. The van der Waals surface area contributed by atoms with E-state index in [2.05, 4.69) is 117 Å². The minimum Gasteiger partial charge on any atom is -0.376 e. The molecule has 0 fully saturated rings. The first kappa shape index (κ1) is 21.3. The van der Waals surface area contributed by atoms with Crippen LogP contribution >= 0.6 is 0 Å². The Morgan fingerprint density at radius 1 is 0.806 bits per heavy atom. The highest BCUT2D eigenvalue weighted by Crippen LogP contribution is 2.39. The van der Waals surface area contributed by atoms with Crippen LogP contribution < -0.4 is 5.32 Å². The fourth-order valence-electron chi connectivity index (χ4n) is 4.16. The van der Waals surface area contributed by atoms with Gasteiger partial charge in [-0.1, -0.05) is 91.0 Å². The number of nitrogens with zero attached hydrogens (tertiary/aromatic N) is 1. The Kier molecular flexibility index (Phi) is 6.53. The van der Waals surface area contributed by atoms with Crippen molar-refractivity contribution in [2.75, 3.05) is 6.61 Å². The van der Waals surface area contributed by atoms with Gasteiger partial charge in [-0.2, -0.15) is 0 Å². The van der Waals surface area contributed by atoms with Gasteiger partial charge in [0.25, 0.3) is 0 Å². The third-order valence-electron chi connectivity index (χ3n) is 5.67. The van der Waals surface area contributed by atoms with Gasteiger partial charge in [0.2, 0.25) is 0 Å². The van der Waals surface area contributed by atoms with E-state index in [0.717, 1.165) is 12.3 Å². The van der Waals surface area contributed by atoms with Crippen LogP contribution in [0.5, 0.6) is 0 Å². The minimum absolute atomic E-state index is 0.0494. The Bertz CT molecular complexity index is 978. The summed E-state index contributed by atoms with van der Waals surface area (Å²) in [6.07, 6.45) is 0.885. The number of hydrogen-bond acceptors (Lipinski definition) is 3. The van der Waals surface area contributed by atoms with Gasteiger partial charge in [0.05, 0.1) is 11.6 Å². The molecule has 3 heteroatoms. The second kappa shape index (κ2) is 9.49. The summed E-state index contributed by atoms with van der Waals surface area (Å²) < 4.78 is 6.08. The summed E-state index contributed by atoms with van der Waals surface area (Å²) in [6, 6.07) is 32.1. The quantitative estimate of drug-likeness (QED) is 0.483. The highest BCUT2D eigenvalue weighted by Gasteiger charge is 2.34. The van der Waals surface area contributed by atoms with Gasteiger partial charge in [0.1, 0.15) is 11.9 Å². The number of rotatable bonds is 7. The summed E-state index contributed by atoms with van der Waals surface area (Å²) in [7, 11) is 0. The summed E-state index contributed by atoms with van der Waals surface area (Å²) in [5.41, 5.74) is 3.61. The van der Waals surface area contributed by atoms with E-state index in [1.807, 2.05) is 0 Å². The lowest BCUT2D eigenvalue weighted by molar-refractivity contribution is -0.00465. The van der Waals surface area contributed by atoms with Crippen LogP contribution in [0.4, 0.5) is 0 Å². The molecule has 3 atom stereocenters. The summed E-state index contributed by atoms with van der Waals surface area (Å²) in [5.74, 6) is 1.22. The molecule has 4 rings (SSSR count). The normalized spacial score (nSPS) is 19.5. The Labute approximate surface area is 186 Å². The molecular weight excluding hydrogens is 380 g/mol. The van der Waals surface area contributed by atoms with Crippen molar-refractivity contribution in [1.82, 2.24) is 5.32 Å². The monoisotopic (exact) mass is 412 g/mol. The van der Waals surface area contributed by atoms with Crippen LogP contribution in [0, 0.1) is 0 Å². The molecule has 3 aromatic rings. The van der Waals surface area contributed by atoms with Crippen molar-refractivity contribution in [3.05, 3.63) is 108 Å². The van der Waals surface area contributed by atoms with Gasteiger partial charge in [0.15, 0.2) is 0 Å². The smallest absolute Gasteiger partial charge is 0.105 e. The molecule has 1 aliphatic rings. The Hall–Kier alpha value is -2.91. The molecule has 160 valence electrons. The van der Waals surface area contributed by atoms with Crippen molar-refractivity contribution in [3.8, 4) is 0 Å². The highest BCUT2D eigenvalue weighted by atomic mass is 16.5. The van der Waals surface area contributed by atoms with E-state index in [1.165, 1.54) is 16.7 Å². The first-order chi connectivity index (χ1) is 15.0. The number of ether oxygens (including phenoxy) is 1. The SMILES string of the molecule is CC(C)(C)OCCC(C1=N[C@@H](c2ccccc2)[C@H](c2ccccc2)N1)c1ccccc1. The van der Waals surface area contributed by atoms with E-state index in [1.54, 1.807) is 0 Å². The third kappa shape index (κ3) is 5.42. The molecule has 0 saturated carbocycles. The zero-order valence-corrected chi connectivity index (χ0v) is 18.7. The molecule has 0 bridgehead atoms. The van der Waals surface area contributed by atoms with Crippen molar-refractivity contribution in [3.63, 3.8) is 0 Å². The van der Waals surface area contributed by atoms with E-state index in [0.29, 0.717) is 6.61 Å². The molecule has 0 spiro atoms. The van der Waals surface area contributed by atoms with Gasteiger partial charge in [-0.15, -0.1) is 0 Å². The van der Waals surface area contributed by atoms with Gasteiger partial charge >= 0.3 is 0 Å². The molecule has 0 amide bonds. The molecule has 0 radical (unpaired) electrons. The summed E-state index contributed by atoms with van der Waals surface area (Å²) in [5, 5.41) is 3.80. The van der Waals surface area contributed by atoms with Gasteiger partial charge in [-0.05, 0) is 43.9 Å². The lowest BCUT2D eigenvalue weighted by Crippen LogP contribution is -2.30. The Balaban J connectivity index is 1.66. The fraction of sp³-hybridized carbons (Fsp3) is 0.321. The number of amidine groups is 1.